The van der Waals surface area contributed by atoms with Gasteiger partial charge in [-0.15, -0.1) is 0 Å². The molecule has 0 radical (unpaired) electrons. The lowest BCUT2D eigenvalue weighted by Gasteiger charge is -2.00. The molecule has 1 heterocycles. The maximum Gasteiger partial charge on any atom is 0.147 e. The van der Waals surface area contributed by atoms with E-state index in [-0.39, 0.29) is 5.82 Å². The Balaban J connectivity index is 2.85. The highest BCUT2D eigenvalue weighted by Gasteiger charge is 2.07. The van der Waals surface area contributed by atoms with Crippen LogP contribution in [-0.4, -0.2) is 4.57 Å². The van der Waals surface area contributed by atoms with Crippen molar-refractivity contribution < 1.29 is 4.39 Å². The van der Waals surface area contributed by atoms with Crippen LogP contribution in [0.3, 0.4) is 0 Å². The smallest absolute Gasteiger partial charge is 0.147 e. The molecule has 0 atom stereocenters. The van der Waals surface area contributed by atoms with E-state index in [1.165, 1.54) is 11.8 Å². The van der Waals surface area contributed by atoms with E-state index in [4.69, 9.17) is 0 Å². The lowest BCUT2D eigenvalue weighted by atomic mass is 10.2. The van der Waals surface area contributed by atoms with Crippen molar-refractivity contribution in [1.29, 1.82) is 0 Å². The second-order valence-corrected chi connectivity index (χ2v) is 3.23. The number of para-hydroxylation sites is 1. The zero-order valence-corrected chi connectivity index (χ0v) is 7.84. The summed E-state index contributed by atoms with van der Waals surface area (Å²) in [6.45, 7) is 2.08. The van der Waals surface area contributed by atoms with E-state index in [9.17, 15) is 4.39 Å². The molecule has 0 aliphatic heterocycles. The van der Waals surface area contributed by atoms with Crippen LogP contribution >= 0.6 is 0 Å². The molecule has 13 heavy (non-hydrogen) atoms. The standard InChI is InChI=1S/C11H12FN/c1-3-9-7-8-5-4-6-10(12)11(8)13(9)2/h4-7H,3H2,1-2H3. The van der Waals surface area contributed by atoms with Gasteiger partial charge in [0.1, 0.15) is 5.82 Å². The normalized spacial score (nSPS) is 11.0. The number of hydrogen-bond acceptors (Lipinski definition) is 0. The molecule has 0 unspecified atom stereocenters. The Morgan fingerprint density at radius 2 is 2.15 bits per heavy atom. The lowest BCUT2D eigenvalue weighted by Crippen LogP contribution is -1.94. The third kappa shape index (κ3) is 1.13. The van der Waals surface area contributed by atoms with Crippen LogP contribution in [0, 0.1) is 5.82 Å². The van der Waals surface area contributed by atoms with E-state index in [0.717, 1.165) is 11.8 Å². The molecule has 0 saturated carbocycles. The molecule has 1 aromatic heterocycles. The third-order valence-electron chi connectivity index (χ3n) is 2.47. The van der Waals surface area contributed by atoms with Crippen molar-refractivity contribution in [3.05, 3.63) is 35.8 Å². The molecule has 0 aliphatic carbocycles. The van der Waals surface area contributed by atoms with E-state index >= 15 is 0 Å². The predicted molar refractivity (Wildman–Crippen MR) is 52.3 cm³/mol. The Kier molecular flexibility index (Phi) is 1.83. The van der Waals surface area contributed by atoms with E-state index in [0.29, 0.717) is 5.52 Å². The summed E-state index contributed by atoms with van der Waals surface area (Å²) in [7, 11) is 1.91. The van der Waals surface area contributed by atoms with Crippen molar-refractivity contribution in [2.45, 2.75) is 13.3 Å². The molecule has 1 aromatic carbocycles. The van der Waals surface area contributed by atoms with Gasteiger partial charge in [0.05, 0.1) is 5.52 Å². The molecule has 0 N–H and O–H groups in total. The van der Waals surface area contributed by atoms with Gasteiger partial charge in [-0.1, -0.05) is 19.1 Å². The molecule has 0 fully saturated rings. The Morgan fingerprint density at radius 1 is 1.38 bits per heavy atom. The average Bonchev–Trinajstić information content (AvgIpc) is 2.44. The first-order valence-electron chi connectivity index (χ1n) is 4.47. The second kappa shape index (κ2) is 2.87. The first kappa shape index (κ1) is 8.30. The first-order valence-corrected chi connectivity index (χ1v) is 4.47. The van der Waals surface area contributed by atoms with Crippen molar-refractivity contribution in [3.8, 4) is 0 Å². The molecule has 0 aliphatic rings. The summed E-state index contributed by atoms with van der Waals surface area (Å²) < 4.78 is 15.3. The minimum atomic E-state index is -0.139. The van der Waals surface area contributed by atoms with Gasteiger partial charge in [0.15, 0.2) is 0 Å². The second-order valence-electron chi connectivity index (χ2n) is 3.23. The fourth-order valence-corrected chi connectivity index (χ4v) is 1.76. The summed E-state index contributed by atoms with van der Waals surface area (Å²) in [5.74, 6) is -0.139. The SMILES string of the molecule is CCc1cc2cccc(F)c2n1C. The van der Waals surface area contributed by atoms with Gasteiger partial charge in [0, 0.05) is 18.1 Å². The van der Waals surface area contributed by atoms with Crippen LogP contribution in [0.2, 0.25) is 0 Å². The monoisotopic (exact) mass is 177 g/mol. The summed E-state index contributed by atoms with van der Waals surface area (Å²) >= 11 is 0. The molecule has 1 nitrogen and oxygen atoms in total. The highest BCUT2D eigenvalue weighted by Crippen LogP contribution is 2.21. The Morgan fingerprint density at radius 3 is 2.77 bits per heavy atom. The van der Waals surface area contributed by atoms with Crippen LogP contribution in [0.4, 0.5) is 4.39 Å². The van der Waals surface area contributed by atoms with Crippen LogP contribution in [0.1, 0.15) is 12.6 Å². The molecule has 0 saturated heterocycles. The Labute approximate surface area is 76.8 Å². The lowest BCUT2D eigenvalue weighted by molar-refractivity contribution is 0.630. The molecule has 2 rings (SSSR count). The highest BCUT2D eigenvalue weighted by atomic mass is 19.1. The van der Waals surface area contributed by atoms with Crippen LogP contribution in [0.25, 0.3) is 10.9 Å². The van der Waals surface area contributed by atoms with Gasteiger partial charge in [0.2, 0.25) is 0 Å². The molecular formula is C11H12FN. The average molecular weight is 177 g/mol. The fourth-order valence-electron chi connectivity index (χ4n) is 1.76. The number of aromatic nitrogens is 1. The van der Waals surface area contributed by atoms with Crippen LogP contribution in [0.15, 0.2) is 24.3 Å². The highest BCUT2D eigenvalue weighted by molar-refractivity contribution is 5.81. The number of rotatable bonds is 1. The molecule has 0 bridgehead atoms. The maximum atomic E-state index is 13.4. The summed E-state index contributed by atoms with van der Waals surface area (Å²) in [4.78, 5) is 0. The van der Waals surface area contributed by atoms with E-state index in [1.807, 2.05) is 23.7 Å². The topological polar surface area (TPSA) is 4.93 Å². The molecule has 2 heteroatoms. The minimum absolute atomic E-state index is 0.139. The quantitative estimate of drug-likeness (QED) is 0.631. The third-order valence-corrected chi connectivity index (χ3v) is 2.47. The molecule has 0 spiro atoms. The van der Waals surface area contributed by atoms with Crippen molar-refractivity contribution in [2.24, 2.45) is 7.05 Å². The zero-order chi connectivity index (χ0) is 9.42. The van der Waals surface area contributed by atoms with Gasteiger partial charge < -0.3 is 4.57 Å². The number of nitrogens with zero attached hydrogens (tertiary/aromatic N) is 1. The van der Waals surface area contributed by atoms with Gasteiger partial charge in [-0.2, -0.15) is 0 Å². The number of hydrogen-bond donors (Lipinski definition) is 0. The zero-order valence-electron chi connectivity index (χ0n) is 7.84. The Hall–Kier alpha value is -1.31. The largest absolute Gasteiger partial charge is 0.345 e. The van der Waals surface area contributed by atoms with Gasteiger partial charge in [-0.05, 0) is 18.6 Å². The number of fused-ring (bicyclic) bond motifs is 1. The van der Waals surface area contributed by atoms with Gasteiger partial charge in [-0.25, -0.2) is 4.39 Å². The summed E-state index contributed by atoms with van der Waals surface area (Å²) in [5.41, 5.74) is 1.87. The van der Waals surface area contributed by atoms with E-state index < -0.39 is 0 Å². The van der Waals surface area contributed by atoms with Gasteiger partial charge in [0.25, 0.3) is 0 Å². The van der Waals surface area contributed by atoms with Gasteiger partial charge in [-0.3, -0.25) is 0 Å². The number of halogens is 1. The van der Waals surface area contributed by atoms with Gasteiger partial charge >= 0.3 is 0 Å². The number of benzene rings is 1. The fraction of sp³-hybridized carbons (Fsp3) is 0.273. The number of aryl methyl sites for hydroxylation is 2. The van der Waals surface area contributed by atoms with Crippen molar-refractivity contribution in [1.82, 2.24) is 4.57 Å². The van der Waals surface area contributed by atoms with Crippen LogP contribution in [0.5, 0.6) is 0 Å². The maximum absolute atomic E-state index is 13.4. The molecule has 0 amide bonds. The van der Waals surface area contributed by atoms with Crippen LogP contribution in [-0.2, 0) is 13.5 Å². The van der Waals surface area contributed by atoms with Crippen molar-refractivity contribution in [3.63, 3.8) is 0 Å². The summed E-state index contributed by atoms with van der Waals surface area (Å²) in [5, 5.41) is 0.986. The molecule has 2 aromatic rings. The van der Waals surface area contributed by atoms with Crippen molar-refractivity contribution >= 4 is 10.9 Å². The molecule has 68 valence electrons. The van der Waals surface area contributed by atoms with E-state index in [2.05, 4.69) is 6.92 Å². The van der Waals surface area contributed by atoms with E-state index in [1.54, 1.807) is 6.07 Å². The Bertz CT molecular complexity index is 443. The summed E-state index contributed by atoms with van der Waals surface area (Å²) in [6.07, 6.45) is 0.935. The molecular weight excluding hydrogens is 165 g/mol. The first-order chi connectivity index (χ1) is 6.24. The predicted octanol–water partition coefficient (Wildman–Crippen LogP) is 2.88. The van der Waals surface area contributed by atoms with Crippen molar-refractivity contribution in [2.75, 3.05) is 0 Å². The van der Waals surface area contributed by atoms with Crippen LogP contribution < -0.4 is 0 Å². The summed E-state index contributed by atoms with van der Waals surface area (Å²) in [6, 6.07) is 7.23. The minimum Gasteiger partial charge on any atom is -0.345 e.